The van der Waals surface area contributed by atoms with Crippen LogP contribution < -0.4 is 14.2 Å². The Morgan fingerprint density at radius 1 is 1.06 bits per heavy atom. The number of aliphatic hydroxyl groups excluding tert-OH is 1. The first-order valence-corrected chi connectivity index (χ1v) is 11.5. The van der Waals surface area contributed by atoms with E-state index in [2.05, 4.69) is 18.7 Å². The maximum atomic E-state index is 13.2. The van der Waals surface area contributed by atoms with Gasteiger partial charge in [-0.15, -0.1) is 0 Å². The lowest BCUT2D eigenvalue weighted by atomic mass is 9.95. The fraction of sp³-hybridized carbons (Fsp3) is 0.385. The minimum Gasteiger partial charge on any atom is -0.507 e. The summed E-state index contributed by atoms with van der Waals surface area (Å²) in [5.41, 5.74) is 1.18. The van der Waals surface area contributed by atoms with Gasteiger partial charge in [0.15, 0.2) is 11.5 Å². The minimum absolute atomic E-state index is 0.0615. The molecule has 180 valence electrons. The third-order valence-corrected chi connectivity index (χ3v) is 6.34. The van der Waals surface area contributed by atoms with Crippen molar-refractivity contribution in [3.63, 3.8) is 0 Å². The summed E-state index contributed by atoms with van der Waals surface area (Å²) in [5.74, 6) is 0.179. The zero-order chi connectivity index (χ0) is 24.2. The zero-order valence-electron chi connectivity index (χ0n) is 19.7. The summed E-state index contributed by atoms with van der Waals surface area (Å²) in [6.07, 6.45) is 0. The number of aliphatic hydroxyl groups is 1. The number of fused-ring (bicyclic) bond motifs is 1. The van der Waals surface area contributed by atoms with E-state index < -0.39 is 17.7 Å². The Morgan fingerprint density at radius 2 is 1.74 bits per heavy atom. The number of hydrogen-bond donors (Lipinski definition) is 1. The molecule has 34 heavy (non-hydrogen) atoms. The SMILES string of the molecule is CCN(CC)CCN1C(=O)C(=O)C(=C(O)c2ccc3c(c2)OCCO3)C1c1ccc(OC)cc1. The average Bonchev–Trinajstić information content (AvgIpc) is 3.13. The summed E-state index contributed by atoms with van der Waals surface area (Å²) < 4.78 is 16.5. The van der Waals surface area contributed by atoms with Gasteiger partial charge in [-0.3, -0.25) is 9.59 Å². The molecule has 0 saturated carbocycles. The number of nitrogens with zero attached hydrogens (tertiary/aromatic N) is 2. The van der Waals surface area contributed by atoms with Crippen molar-refractivity contribution in [2.45, 2.75) is 19.9 Å². The largest absolute Gasteiger partial charge is 0.507 e. The highest BCUT2D eigenvalue weighted by atomic mass is 16.6. The van der Waals surface area contributed by atoms with Crippen molar-refractivity contribution in [2.24, 2.45) is 0 Å². The molecule has 4 rings (SSSR count). The van der Waals surface area contributed by atoms with Crippen LogP contribution in [0.25, 0.3) is 5.76 Å². The molecule has 1 saturated heterocycles. The molecule has 8 heteroatoms. The van der Waals surface area contributed by atoms with Gasteiger partial charge >= 0.3 is 0 Å². The molecule has 2 aliphatic heterocycles. The Morgan fingerprint density at radius 3 is 2.38 bits per heavy atom. The fourth-order valence-corrected chi connectivity index (χ4v) is 4.38. The Kier molecular flexibility index (Phi) is 7.07. The second-order valence-electron chi connectivity index (χ2n) is 8.15. The Bertz CT molecular complexity index is 1090. The second-order valence-corrected chi connectivity index (χ2v) is 8.15. The van der Waals surface area contributed by atoms with Gasteiger partial charge in [-0.25, -0.2) is 0 Å². The minimum atomic E-state index is -0.713. The summed E-state index contributed by atoms with van der Waals surface area (Å²) in [7, 11) is 1.58. The first kappa shape index (κ1) is 23.6. The maximum absolute atomic E-state index is 13.2. The topological polar surface area (TPSA) is 88.5 Å². The van der Waals surface area contributed by atoms with E-state index in [4.69, 9.17) is 14.2 Å². The Balaban J connectivity index is 1.78. The van der Waals surface area contributed by atoms with Crippen molar-refractivity contribution in [3.8, 4) is 17.2 Å². The highest BCUT2D eigenvalue weighted by molar-refractivity contribution is 6.46. The summed E-state index contributed by atoms with van der Waals surface area (Å²) in [5, 5.41) is 11.3. The molecule has 1 fully saturated rings. The zero-order valence-corrected chi connectivity index (χ0v) is 19.7. The summed E-state index contributed by atoms with van der Waals surface area (Å²) in [6.45, 7) is 7.63. The standard InChI is InChI=1S/C26H30N2O6/c1-4-27(5-2)12-13-28-23(17-6-9-19(32-3)10-7-17)22(25(30)26(28)31)24(29)18-8-11-20-21(16-18)34-15-14-33-20/h6-11,16,23,29H,4-5,12-15H2,1-3H3. The summed E-state index contributed by atoms with van der Waals surface area (Å²) >= 11 is 0. The van der Waals surface area contributed by atoms with Gasteiger partial charge in [0.05, 0.1) is 18.7 Å². The van der Waals surface area contributed by atoms with Crippen molar-refractivity contribution in [1.82, 2.24) is 9.80 Å². The predicted molar refractivity (Wildman–Crippen MR) is 127 cm³/mol. The first-order chi connectivity index (χ1) is 16.5. The number of hydrogen-bond acceptors (Lipinski definition) is 7. The van der Waals surface area contributed by atoms with Crippen LogP contribution in [0.3, 0.4) is 0 Å². The molecule has 0 aromatic heterocycles. The van der Waals surface area contributed by atoms with Gasteiger partial charge in [0.2, 0.25) is 0 Å². The molecular formula is C26H30N2O6. The number of carbonyl (C=O) groups excluding carboxylic acids is 2. The highest BCUT2D eigenvalue weighted by Crippen LogP contribution is 2.41. The van der Waals surface area contributed by atoms with Crippen molar-refractivity contribution in [3.05, 3.63) is 59.2 Å². The molecular weight excluding hydrogens is 436 g/mol. The number of rotatable bonds is 8. The molecule has 0 aliphatic carbocycles. The Labute approximate surface area is 199 Å². The van der Waals surface area contributed by atoms with E-state index in [1.165, 1.54) is 0 Å². The molecule has 2 aromatic carbocycles. The van der Waals surface area contributed by atoms with Gasteiger partial charge in [0.1, 0.15) is 24.7 Å². The molecule has 2 aromatic rings. The molecule has 1 atom stereocenters. The molecule has 1 unspecified atom stereocenters. The number of carbonyl (C=O) groups is 2. The van der Waals surface area contributed by atoms with Crippen molar-refractivity contribution in [1.29, 1.82) is 0 Å². The molecule has 0 bridgehead atoms. The predicted octanol–water partition coefficient (Wildman–Crippen LogP) is 3.23. The quantitative estimate of drug-likeness (QED) is 0.363. The van der Waals surface area contributed by atoms with Crippen LogP contribution in [0.15, 0.2) is 48.0 Å². The molecule has 2 heterocycles. The van der Waals surface area contributed by atoms with Gasteiger partial charge < -0.3 is 29.1 Å². The first-order valence-electron chi connectivity index (χ1n) is 11.5. The number of amides is 1. The third kappa shape index (κ3) is 4.46. The van der Waals surface area contributed by atoms with E-state index in [9.17, 15) is 14.7 Å². The van der Waals surface area contributed by atoms with Crippen LogP contribution in [0.5, 0.6) is 17.2 Å². The lowest BCUT2D eigenvalue weighted by molar-refractivity contribution is -0.140. The fourth-order valence-electron chi connectivity index (χ4n) is 4.38. The highest BCUT2D eigenvalue weighted by Gasteiger charge is 2.46. The second kappa shape index (κ2) is 10.2. The van der Waals surface area contributed by atoms with E-state index >= 15 is 0 Å². The van der Waals surface area contributed by atoms with E-state index in [1.54, 1.807) is 42.3 Å². The molecule has 1 amide bonds. The molecule has 0 spiro atoms. The molecule has 1 N–H and O–H groups in total. The van der Waals surface area contributed by atoms with Crippen LogP contribution in [0.4, 0.5) is 0 Å². The van der Waals surface area contributed by atoms with Crippen LogP contribution in [-0.2, 0) is 9.59 Å². The smallest absolute Gasteiger partial charge is 0.295 e. The normalized spacial score (nSPS) is 19.1. The van der Waals surface area contributed by atoms with Crippen LogP contribution in [0.1, 0.15) is 31.0 Å². The number of ether oxygens (including phenoxy) is 3. The number of methoxy groups -OCH3 is 1. The number of benzene rings is 2. The van der Waals surface area contributed by atoms with Gasteiger partial charge in [-0.05, 0) is 49.0 Å². The Hall–Kier alpha value is -3.52. The molecule has 8 nitrogen and oxygen atoms in total. The summed E-state index contributed by atoms with van der Waals surface area (Å²) in [6, 6.07) is 11.5. The third-order valence-electron chi connectivity index (χ3n) is 6.34. The lowest BCUT2D eigenvalue weighted by Crippen LogP contribution is -2.38. The van der Waals surface area contributed by atoms with Crippen LogP contribution >= 0.6 is 0 Å². The van der Waals surface area contributed by atoms with Gasteiger partial charge in [0.25, 0.3) is 11.7 Å². The average molecular weight is 467 g/mol. The van der Waals surface area contributed by atoms with E-state index in [0.29, 0.717) is 49.1 Å². The van der Waals surface area contributed by atoms with E-state index in [1.807, 2.05) is 12.1 Å². The number of likely N-dealkylation sites (tertiary alicyclic amines) is 1. The van der Waals surface area contributed by atoms with Crippen LogP contribution in [0, 0.1) is 0 Å². The molecule has 0 radical (unpaired) electrons. The lowest BCUT2D eigenvalue weighted by Gasteiger charge is -2.28. The monoisotopic (exact) mass is 466 g/mol. The van der Waals surface area contributed by atoms with E-state index in [0.717, 1.165) is 18.7 Å². The maximum Gasteiger partial charge on any atom is 0.295 e. The summed E-state index contributed by atoms with van der Waals surface area (Å²) in [4.78, 5) is 30.1. The van der Waals surface area contributed by atoms with Crippen molar-refractivity contribution >= 4 is 17.4 Å². The number of likely N-dealkylation sites (N-methyl/N-ethyl adjacent to an activating group) is 1. The van der Waals surface area contributed by atoms with Crippen molar-refractivity contribution < 1.29 is 28.9 Å². The molecule has 2 aliphatic rings. The number of Topliss-reactive ketones (excluding diaryl/α,β-unsaturated/α-hetero) is 1. The van der Waals surface area contributed by atoms with Gasteiger partial charge in [-0.2, -0.15) is 0 Å². The van der Waals surface area contributed by atoms with Crippen LogP contribution in [0.2, 0.25) is 0 Å². The van der Waals surface area contributed by atoms with Gasteiger partial charge in [-0.1, -0.05) is 26.0 Å². The number of ketones is 1. The van der Waals surface area contributed by atoms with Crippen LogP contribution in [-0.4, -0.2) is 73.1 Å². The van der Waals surface area contributed by atoms with Crippen molar-refractivity contribution in [2.75, 3.05) is 46.5 Å². The van der Waals surface area contributed by atoms with Gasteiger partial charge in [0, 0.05) is 18.7 Å². The van der Waals surface area contributed by atoms with E-state index in [-0.39, 0.29) is 11.3 Å².